The number of amides is 1. The average Bonchev–Trinajstić information content (AvgIpc) is 2.35. The van der Waals surface area contributed by atoms with Gasteiger partial charge in [-0.2, -0.15) is 11.8 Å². The van der Waals surface area contributed by atoms with E-state index in [0.29, 0.717) is 11.4 Å². The van der Waals surface area contributed by atoms with Crippen molar-refractivity contribution in [2.45, 2.75) is 19.4 Å². The van der Waals surface area contributed by atoms with Crippen molar-refractivity contribution in [3.8, 4) is 0 Å². The molecule has 0 fully saturated rings. The molecule has 0 aliphatic heterocycles. The van der Waals surface area contributed by atoms with Gasteiger partial charge < -0.3 is 10.6 Å². The summed E-state index contributed by atoms with van der Waals surface area (Å²) in [5, 5.41) is 0. The second kappa shape index (κ2) is 6.49. The number of carbonyl (C=O) groups is 1. The van der Waals surface area contributed by atoms with E-state index in [-0.39, 0.29) is 11.9 Å². The molecule has 1 aromatic rings. The molecule has 0 aliphatic carbocycles. The van der Waals surface area contributed by atoms with Crippen LogP contribution in [0.3, 0.4) is 0 Å². The molecule has 0 spiro atoms. The third-order valence-electron chi connectivity index (χ3n) is 2.74. The zero-order valence-corrected chi connectivity index (χ0v) is 11.3. The molecule has 1 amide bonds. The summed E-state index contributed by atoms with van der Waals surface area (Å²) in [6, 6.07) is 3.65. The third-order valence-corrected chi connectivity index (χ3v) is 3.46. The lowest BCUT2D eigenvalue weighted by Crippen LogP contribution is -2.39. The van der Waals surface area contributed by atoms with E-state index < -0.39 is 0 Å². The van der Waals surface area contributed by atoms with Crippen molar-refractivity contribution in [3.63, 3.8) is 0 Å². The van der Waals surface area contributed by atoms with E-state index in [2.05, 4.69) is 11.9 Å². The molecule has 0 aromatic carbocycles. The maximum Gasteiger partial charge on any atom is 0.274 e. The van der Waals surface area contributed by atoms with E-state index in [0.717, 1.165) is 12.2 Å². The first kappa shape index (κ1) is 13.8. The van der Waals surface area contributed by atoms with E-state index in [1.807, 2.05) is 6.26 Å². The van der Waals surface area contributed by atoms with Crippen LogP contribution in [0.1, 0.15) is 23.8 Å². The zero-order valence-electron chi connectivity index (χ0n) is 10.5. The van der Waals surface area contributed by atoms with E-state index in [1.165, 1.54) is 0 Å². The Kier molecular flexibility index (Phi) is 5.28. The third kappa shape index (κ3) is 3.36. The molecule has 1 rings (SSSR count). The monoisotopic (exact) mass is 253 g/mol. The highest BCUT2D eigenvalue weighted by Crippen LogP contribution is 2.14. The Balaban J connectivity index is 2.85. The lowest BCUT2D eigenvalue weighted by Gasteiger charge is -2.26. The topological polar surface area (TPSA) is 59.2 Å². The maximum absolute atomic E-state index is 12.2. The predicted octanol–water partition coefficient (Wildman–Crippen LogP) is 1.88. The molecular weight excluding hydrogens is 234 g/mol. The quantitative estimate of drug-likeness (QED) is 0.870. The van der Waals surface area contributed by atoms with Gasteiger partial charge in [0.15, 0.2) is 5.69 Å². The van der Waals surface area contributed by atoms with Crippen LogP contribution in [-0.4, -0.2) is 40.9 Å². The molecule has 5 heteroatoms. The summed E-state index contributed by atoms with van der Waals surface area (Å²) in [6.45, 7) is 2.08. The second-order valence-corrected chi connectivity index (χ2v) is 4.79. The predicted molar refractivity (Wildman–Crippen MR) is 73.2 cm³/mol. The van der Waals surface area contributed by atoms with Crippen molar-refractivity contribution in [2.24, 2.45) is 0 Å². The van der Waals surface area contributed by atoms with Crippen LogP contribution in [0.2, 0.25) is 0 Å². The first-order chi connectivity index (χ1) is 8.11. The number of nitrogen functional groups attached to an aromatic ring is 1. The Labute approximate surface area is 107 Å². The smallest absolute Gasteiger partial charge is 0.274 e. The Bertz CT molecular complexity index is 384. The van der Waals surface area contributed by atoms with Crippen molar-refractivity contribution < 1.29 is 4.79 Å². The van der Waals surface area contributed by atoms with Crippen LogP contribution in [0.5, 0.6) is 0 Å². The fourth-order valence-electron chi connectivity index (χ4n) is 1.63. The van der Waals surface area contributed by atoms with Gasteiger partial charge in [0.1, 0.15) is 0 Å². The number of anilines is 1. The van der Waals surface area contributed by atoms with Gasteiger partial charge in [-0.05, 0) is 24.8 Å². The summed E-state index contributed by atoms with van der Waals surface area (Å²) >= 11 is 1.73. The van der Waals surface area contributed by atoms with Gasteiger partial charge in [0.05, 0.1) is 5.69 Å². The highest BCUT2D eigenvalue weighted by Gasteiger charge is 2.21. The van der Waals surface area contributed by atoms with Crippen LogP contribution in [0.15, 0.2) is 18.3 Å². The average molecular weight is 253 g/mol. The number of nitrogens with zero attached hydrogens (tertiary/aromatic N) is 2. The lowest BCUT2D eigenvalue weighted by atomic mass is 10.2. The van der Waals surface area contributed by atoms with Crippen LogP contribution in [0.4, 0.5) is 5.69 Å². The van der Waals surface area contributed by atoms with Crippen LogP contribution in [-0.2, 0) is 0 Å². The van der Waals surface area contributed by atoms with Crippen LogP contribution < -0.4 is 5.73 Å². The number of hydrogen-bond donors (Lipinski definition) is 1. The molecule has 4 nitrogen and oxygen atoms in total. The highest BCUT2D eigenvalue weighted by molar-refractivity contribution is 7.98. The number of nitrogens with two attached hydrogens (primary N) is 1. The minimum Gasteiger partial charge on any atom is -0.397 e. The van der Waals surface area contributed by atoms with E-state index in [9.17, 15) is 4.79 Å². The molecule has 1 heterocycles. The largest absolute Gasteiger partial charge is 0.397 e. The summed E-state index contributed by atoms with van der Waals surface area (Å²) in [7, 11) is 1.81. The summed E-state index contributed by atoms with van der Waals surface area (Å²) < 4.78 is 0. The number of aromatic nitrogens is 1. The van der Waals surface area contributed by atoms with Crippen molar-refractivity contribution >= 4 is 23.4 Å². The van der Waals surface area contributed by atoms with Gasteiger partial charge in [-0.25, -0.2) is 4.98 Å². The Hall–Kier alpha value is -1.23. The van der Waals surface area contributed by atoms with Gasteiger partial charge in [0, 0.05) is 25.0 Å². The second-order valence-electron chi connectivity index (χ2n) is 3.87. The summed E-state index contributed by atoms with van der Waals surface area (Å²) in [6.07, 6.45) is 4.55. The molecule has 0 radical (unpaired) electrons. The summed E-state index contributed by atoms with van der Waals surface area (Å²) in [4.78, 5) is 18.0. The molecule has 94 valence electrons. The Morgan fingerprint density at radius 1 is 1.65 bits per heavy atom. The van der Waals surface area contributed by atoms with Gasteiger partial charge in [-0.1, -0.05) is 6.92 Å². The van der Waals surface area contributed by atoms with Gasteiger partial charge in [-0.15, -0.1) is 0 Å². The van der Waals surface area contributed by atoms with Gasteiger partial charge >= 0.3 is 0 Å². The van der Waals surface area contributed by atoms with Gasteiger partial charge in [-0.3, -0.25) is 4.79 Å². The summed E-state index contributed by atoms with van der Waals surface area (Å²) in [5.74, 6) is 0.815. The molecule has 0 saturated heterocycles. The number of hydrogen-bond acceptors (Lipinski definition) is 4. The fraction of sp³-hybridized carbons (Fsp3) is 0.500. The van der Waals surface area contributed by atoms with E-state index in [4.69, 9.17) is 5.73 Å². The van der Waals surface area contributed by atoms with Crippen LogP contribution in [0.25, 0.3) is 0 Å². The van der Waals surface area contributed by atoms with Crippen molar-refractivity contribution in [1.82, 2.24) is 9.88 Å². The Morgan fingerprint density at radius 3 is 2.88 bits per heavy atom. The molecule has 0 bridgehead atoms. The first-order valence-corrected chi connectivity index (χ1v) is 6.97. The molecule has 1 unspecified atom stereocenters. The normalized spacial score (nSPS) is 12.2. The molecule has 1 aromatic heterocycles. The van der Waals surface area contributed by atoms with Crippen LogP contribution in [0, 0.1) is 0 Å². The molecule has 1 atom stereocenters. The molecule has 0 aliphatic rings. The fourth-order valence-corrected chi connectivity index (χ4v) is 2.47. The standard InChI is InChI=1S/C12H19N3OS/c1-4-9(8-17-3)15(2)12(16)11-10(13)6-5-7-14-11/h5-7,9H,4,8,13H2,1-3H3. The number of carbonyl (C=O) groups excluding carboxylic acids is 1. The Morgan fingerprint density at radius 2 is 2.35 bits per heavy atom. The number of thioether (sulfide) groups is 1. The van der Waals surface area contributed by atoms with Crippen molar-refractivity contribution in [1.29, 1.82) is 0 Å². The molecular formula is C12H19N3OS. The van der Waals surface area contributed by atoms with E-state index in [1.54, 1.807) is 42.0 Å². The van der Waals surface area contributed by atoms with Gasteiger partial charge in [0.25, 0.3) is 5.91 Å². The molecule has 0 saturated carbocycles. The molecule has 17 heavy (non-hydrogen) atoms. The van der Waals surface area contributed by atoms with Gasteiger partial charge in [0.2, 0.25) is 0 Å². The van der Waals surface area contributed by atoms with Crippen molar-refractivity contribution in [3.05, 3.63) is 24.0 Å². The first-order valence-electron chi connectivity index (χ1n) is 5.58. The summed E-state index contributed by atoms with van der Waals surface area (Å²) in [5.41, 5.74) is 6.54. The SMILES string of the molecule is CCC(CSC)N(C)C(=O)c1ncccc1N. The zero-order chi connectivity index (χ0) is 12.8. The lowest BCUT2D eigenvalue weighted by molar-refractivity contribution is 0.0739. The van der Waals surface area contributed by atoms with E-state index >= 15 is 0 Å². The maximum atomic E-state index is 12.2. The van der Waals surface area contributed by atoms with Crippen LogP contribution >= 0.6 is 11.8 Å². The number of rotatable bonds is 5. The highest BCUT2D eigenvalue weighted by atomic mass is 32.2. The number of pyridine rings is 1. The molecule has 2 N–H and O–H groups in total. The van der Waals surface area contributed by atoms with Crippen molar-refractivity contribution in [2.75, 3.05) is 24.8 Å². The minimum absolute atomic E-state index is 0.107. The minimum atomic E-state index is -0.107.